The van der Waals surface area contributed by atoms with Crippen LogP contribution in [-0.4, -0.2) is 5.71 Å². The van der Waals surface area contributed by atoms with E-state index in [1.54, 1.807) is 0 Å². The molecule has 1 unspecified atom stereocenters. The lowest BCUT2D eigenvalue weighted by atomic mass is 9.89. The Hall–Kier alpha value is -2.06. The van der Waals surface area contributed by atoms with Crippen LogP contribution >= 0.6 is 9.24 Å². The van der Waals surface area contributed by atoms with Crippen LogP contribution < -0.4 is 0 Å². The Morgan fingerprint density at radius 1 is 0.950 bits per heavy atom. The van der Waals surface area contributed by atoms with Crippen molar-refractivity contribution in [1.82, 2.24) is 0 Å². The van der Waals surface area contributed by atoms with E-state index in [9.17, 15) is 22.0 Å². The van der Waals surface area contributed by atoms with Gasteiger partial charge in [0.2, 0.25) is 6.19 Å². The van der Waals surface area contributed by atoms with Crippen molar-refractivity contribution in [3.05, 3.63) is 52.1 Å². The van der Waals surface area contributed by atoms with Gasteiger partial charge in [0.25, 0.3) is 0 Å². The van der Waals surface area contributed by atoms with Crippen molar-refractivity contribution in [2.75, 3.05) is 0 Å². The van der Waals surface area contributed by atoms with Crippen LogP contribution in [0.25, 0.3) is 5.57 Å². The lowest BCUT2D eigenvalue weighted by Gasteiger charge is -2.21. The third-order valence-electron chi connectivity index (χ3n) is 2.72. The maximum atomic E-state index is 13.8. The van der Waals surface area contributed by atoms with Gasteiger partial charge in [-0.3, -0.25) is 0 Å². The maximum absolute atomic E-state index is 13.8. The van der Waals surface area contributed by atoms with E-state index in [0.29, 0.717) is 0 Å². The zero-order chi connectivity index (χ0) is 15.2. The second-order valence-corrected chi connectivity index (χ2v) is 4.35. The summed E-state index contributed by atoms with van der Waals surface area (Å²) in [6, 6.07) is 0. The molecule has 1 aliphatic carbocycles. The van der Waals surface area contributed by atoms with Gasteiger partial charge in [-0.05, 0) is 0 Å². The molecule has 0 saturated heterocycles. The minimum atomic E-state index is -2.08. The molecule has 1 aromatic carbocycles. The van der Waals surface area contributed by atoms with E-state index in [1.807, 2.05) is 9.24 Å². The van der Waals surface area contributed by atoms with Crippen molar-refractivity contribution in [3.8, 4) is 6.19 Å². The number of rotatable bonds is 0. The summed E-state index contributed by atoms with van der Waals surface area (Å²) in [6.07, 6.45) is 1.26. The molecule has 0 bridgehead atoms. The molecule has 0 aromatic heterocycles. The third kappa shape index (κ3) is 1.76. The monoisotopic (exact) mass is 302 g/mol. The average Bonchev–Trinajstić information content (AvgIpc) is 2.43. The summed E-state index contributed by atoms with van der Waals surface area (Å²) < 4.78 is 67.8. The van der Waals surface area contributed by atoms with Gasteiger partial charge >= 0.3 is 0 Å². The van der Waals surface area contributed by atoms with Gasteiger partial charge in [0, 0.05) is 16.5 Å². The third-order valence-corrected chi connectivity index (χ3v) is 3.25. The molecule has 8 heteroatoms. The first kappa shape index (κ1) is 14.4. The highest BCUT2D eigenvalue weighted by Gasteiger charge is 2.35. The van der Waals surface area contributed by atoms with E-state index in [4.69, 9.17) is 5.26 Å². The number of halogens is 5. The van der Waals surface area contributed by atoms with Gasteiger partial charge in [0.1, 0.15) is 5.83 Å². The van der Waals surface area contributed by atoms with Crippen LogP contribution in [-0.2, 0) is 0 Å². The van der Waals surface area contributed by atoms with Gasteiger partial charge in [0.05, 0.1) is 11.3 Å². The van der Waals surface area contributed by atoms with Crippen LogP contribution in [0.4, 0.5) is 22.0 Å². The number of fused-ring (bicyclic) bond motifs is 1. The number of nitrogens with zero attached hydrogens (tertiary/aromatic N) is 2. The lowest BCUT2D eigenvalue weighted by molar-refractivity contribution is 0.406. The average molecular weight is 302 g/mol. The molecule has 0 amide bonds. The Morgan fingerprint density at radius 3 is 1.95 bits per heavy atom. The summed E-state index contributed by atoms with van der Waals surface area (Å²) in [7, 11) is 1.83. The Labute approximate surface area is 112 Å². The predicted octanol–water partition coefficient (Wildman–Crippen LogP) is 3.60. The largest absolute Gasteiger partial charge is 0.206 e. The molecule has 1 atom stereocenters. The quantitative estimate of drug-likeness (QED) is 0.237. The number of aliphatic imine (C=N–C) groups is 1. The predicted molar refractivity (Wildman–Crippen MR) is 65.3 cm³/mol. The molecule has 0 radical (unpaired) electrons. The molecule has 1 aromatic rings. The van der Waals surface area contributed by atoms with Crippen molar-refractivity contribution in [2.45, 2.75) is 0 Å². The van der Waals surface area contributed by atoms with E-state index in [2.05, 4.69) is 11.6 Å². The van der Waals surface area contributed by atoms with Gasteiger partial charge in [-0.2, -0.15) is 10.3 Å². The van der Waals surface area contributed by atoms with E-state index >= 15 is 0 Å². The molecular weight excluding hydrogens is 298 g/mol. The van der Waals surface area contributed by atoms with E-state index in [0.717, 1.165) is 0 Å². The second-order valence-electron chi connectivity index (χ2n) is 3.77. The van der Waals surface area contributed by atoms with Gasteiger partial charge < -0.3 is 0 Å². The number of allylic oxidation sites excluding steroid dienone is 3. The first-order valence-electron chi connectivity index (χ1n) is 5.01. The summed E-state index contributed by atoms with van der Waals surface area (Å²) in [4.78, 5) is 3.13. The minimum Gasteiger partial charge on any atom is -0.206 e. The summed E-state index contributed by atoms with van der Waals surface area (Å²) in [5, 5.41) is 8.10. The topological polar surface area (TPSA) is 36.1 Å². The fraction of sp³-hybridized carbons (Fsp3) is 0. The van der Waals surface area contributed by atoms with Crippen molar-refractivity contribution >= 4 is 20.5 Å². The molecule has 0 heterocycles. The smallest absolute Gasteiger partial charge is 0.206 e. The lowest BCUT2D eigenvalue weighted by Crippen LogP contribution is -2.19. The molecule has 0 spiro atoms. The molecule has 102 valence electrons. The molecule has 0 saturated carbocycles. The summed E-state index contributed by atoms with van der Waals surface area (Å²) >= 11 is 0. The van der Waals surface area contributed by atoms with Crippen LogP contribution in [0.3, 0.4) is 0 Å². The van der Waals surface area contributed by atoms with E-state index in [-0.39, 0.29) is 0 Å². The van der Waals surface area contributed by atoms with E-state index in [1.165, 1.54) is 6.19 Å². The Bertz CT molecular complexity index is 758. The van der Waals surface area contributed by atoms with Crippen molar-refractivity contribution in [2.24, 2.45) is 4.99 Å². The van der Waals surface area contributed by atoms with Crippen LogP contribution in [0, 0.1) is 34.7 Å². The normalized spacial score (nSPS) is 16.4. The number of hydrogen-bond donors (Lipinski definition) is 0. The van der Waals surface area contributed by atoms with Gasteiger partial charge in [-0.25, -0.2) is 22.0 Å². The SMILES string of the molecule is C=C1C(F)=C(P)/C(=N\C#N)c2c(F)c(F)c(F)c(F)c21. The summed E-state index contributed by atoms with van der Waals surface area (Å²) in [6.45, 7) is 3.17. The van der Waals surface area contributed by atoms with Gasteiger partial charge in [-0.1, -0.05) is 15.8 Å². The van der Waals surface area contributed by atoms with Crippen LogP contribution in [0.1, 0.15) is 11.1 Å². The molecule has 0 N–H and O–H groups in total. The fourth-order valence-electron chi connectivity index (χ4n) is 1.81. The highest BCUT2D eigenvalue weighted by atomic mass is 31.0. The summed E-state index contributed by atoms with van der Waals surface area (Å²) in [5.41, 5.74) is -3.01. The Morgan fingerprint density at radius 2 is 1.45 bits per heavy atom. The molecule has 0 fully saturated rings. The second kappa shape index (κ2) is 4.80. The number of nitriles is 1. The number of hydrogen-bond acceptors (Lipinski definition) is 2. The minimum absolute atomic E-state index is 0.395. The first-order chi connectivity index (χ1) is 9.32. The van der Waals surface area contributed by atoms with Crippen LogP contribution in [0.15, 0.2) is 22.7 Å². The Kier molecular flexibility index (Phi) is 3.45. The zero-order valence-corrected chi connectivity index (χ0v) is 10.7. The maximum Gasteiger partial charge on any atom is 0.206 e. The molecule has 0 aliphatic heterocycles. The molecular formula is C12H4F5N2P. The fourth-order valence-corrected chi connectivity index (χ4v) is 2.20. The first-order valence-corrected chi connectivity index (χ1v) is 5.59. The van der Waals surface area contributed by atoms with Crippen molar-refractivity contribution in [1.29, 1.82) is 5.26 Å². The van der Waals surface area contributed by atoms with Gasteiger partial charge in [0.15, 0.2) is 23.3 Å². The molecule has 2 nitrogen and oxygen atoms in total. The van der Waals surface area contributed by atoms with Crippen molar-refractivity contribution < 1.29 is 22.0 Å². The van der Waals surface area contributed by atoms with Gasteiger partial charge in [-0.15, -0.1) is 0 Å². The summed E-state index contributed by atoms with van der Waals surface area (Å²) in [5.74, 6) is -8.82. The standard InChI is InChI=1S/C12H4F5N2P/c1-3-4-5(8(15)10(17)9(16)7(4)14)11(19-2-18)12(20)6(3)13/h1,20H2/b19-11-. The van der Waals surface area contributed by atoms with Crippen molar-refractivity contribution in [3.63, 3.8) is 0 Å². The molecule has 2 rings (SSSR count). The molecule has 1 aliphatic rings. The number of benzene rings is 1. The van der Waals surface area contributed by atoms with E-state index < -0.39 is 56.8 Å². The molecule has 20 heavy (non-hydrogen) atoms. The highest BCUT2D eigenvalue weighted by Crippen LogP contribution is 2.41. The van der Waals surface area contributed by atoms with Crippen LogP contribution in [0.5, 0.6) is 0 Å². The van der Waals surface area contributed by atoms with Crippen LogP contribution in [0.2, 0.25) is 0 Å². The Balaban J connectivity index is 3.02. The zero-order valence-electron chi connectivity index (χ0n) is 9.57. The highest BCUT2D eigenvalue weighted by molar-refractivity contribution is 7.25.